The van der Waals surface area contributed by atoms with Gasteiger partial charge in [0, 0.05) is 10.7 Å². The fourth-order valence-corrected chi connectivity index (χ4v) is 4.29. The van der Waals surface area contributed by atoms with Gasteiger partial charge in [0.1, 0.15) is 0 Å². The van der Waals surface area contributed by atoms with E-state index in [9.17, 15) is 13.2 Å². The van der Waals surface area contributed by atoms with Crippen molar-refractivity contribution in [1.82, 2.24) is 4.31 Å². The van der Waals surface area contributed by atoms with Gasteiger partial charge in [-0.05, 0) is 30.4 Å². The highest BCUT2D eigenvalue weighted by Crippen LogP contribution is 2.48. The molecule has 18 heavy (non-hydrogen) atoms. The van der Waals surface area contributed by atoms with Crippen LogP contribution in [0, 0.1) is 5.92 Å². The number of amides is 1. The van der Waals surface area contributed by atoms with Crippen molar-refractivity contribution in [2.45, 2.75) is 25.3 Å². The zero-order valence-electron chi connectivity index (χ0n) is 9.54. The van der Waals surface area contributed by atoms with Crippen molar-refractivity contribution in [3.8, 4) is 0 Å². The molecular formula is C12H12ClNO3S. The third kappa shape index (κ3) is 1.65. The Morgan fingerprint density at radius 3 is 2.72 bits per heavy atom. The summed E-state index contributed by atoms with van der Waals surface area (Å²) in [6.07, 6.45) is 2.51. The summed E-state index contributed by atoms with van der Waals surface area (Å²) < 4.78 is 23.8. The zero-order valence-corrected chi connectivity index (χ0v) is 11.1. The minimum Gasteiger partial charge on any atom is -0.273 e. The molecule has 4 nitrogen and oxygen atoms in total. The lowest BCUT2D eigenvalue weighted by Crippen LogP contribution is -2.55. The molecule has 2 atom stereocenters. The van der Waals surface area contributed by atoms with Crippen molar-refractivity contribution in [3.63, 3.8) is 0 Å². The van der Waals surface area contributed by atoms with Crippen molar-refractivity contribution in [1.29, 1.82) is 0 Å². The molecule has 0 aromatic heterocycles. The minimum atomic E-state index is -3.99. The Morgan fingerprint density at radius 1 is 1.28 bits per heavy atom. The van der Waals surface area contributed by atoms with E-state index < -0.39 is 15.3 Å². The van der Waals surface area contributed by atoms with Gasteiger partial charge >= 0.3 is 9.24 Å². The molecule has 1 saturated heterocycles. The number of β-lactam (4-membered cyclic amide) rings is 1. The summed E-state index contributed by atoms with van der Waals surface area (Å²) in [4.78, 5) is 11.9. The quantitative estimate of drug-likeness (QED) is 0.586. The van der Waals surface area contributed by atoms with Gasteiger partial charge in [0.2, 0.25) is 5.91 Å². The number of halogens is 1. The van der Waals surface area contributed by atoms with Crippen LogP contribution in [0.5, 0.6) is 0 Å². The van der Waals surface area contributed by atoms with Crippen LogP contribution in [0.15, 0.2) is 24.3 Å². The number of hydrogen-bond acceptors (Lipinski definition) is 3. The second kappa shape index (κ2) is 3.96. The number of rotatable bonds is 1. The van der Waals surface area contributed by atoms with E-state index >= 15 is 0 Å². The van der Waals surface area contributed by atoms with Gasteiger partial charge in [-0.3, -0.25) is 4.79 Å². The van der Waals surface area contributed by atoms with Crippen molar-refractivity contribution in [2.24, 2.45) is 5.92 Å². The van der Waals surface area contributed by atoms with Crippen LogP contribution in [0.25, 0.3) is 0 Å². The third-order valence-electron chi connectivity index (χ3n) is 3.74. The first-order chi connectivity index (χ1) is 8.50. The number of hydrogen-bond donors (Lipinski definition) is 0. The molecule has 96 valence electrons. The number of carbonyl (C=O) groups excluding carboxylic acids is 1. The molecule has 0 saturated carbocycles. The zero-order chi connectivity index (χ0) is 12.9. The van der Waals surface area contributed by atoms with Gasteiger partial charge in [-0.25, -0.2) is 4.31 Å². The minimum absolute atomic E-state index is 0.234. The summed E-state index contributed by atoms with van der Waals surface area (Å²) in [5.74, 6) is -0.603. The highest BCUT2D eigenvalue weighted by molar-refractivity contribution is 8.12. The molecule has 1 aliphatic carbocycles. The van der Waals surface area contributed by atoms with E-state index in [2.05, 4.69) is 0 Å². The Bertz CT molecular complexity index is 614. The lowest BCUT2D eigenvalue weighted by molar-refractivity contribution is -0.146. The Kier molecular flexibility index (Phi) is 2.64. The Labute approximate surface area is 110 Å². The number of fused-ring (bicyclic) bond motifs is 3. The Balaban J connectivity index is 2.10. The molecule has 1 heterocycles. The first kappa shape index (κ1) is 12.0. The largest absolute Gasteiger partial charge is 0.324 e. The van der Waals surface area contributed by atoms with E-state index in [1.54, 1.807) is 0 Å². The fraction of sp³-hybridized carbons (Fsp3) is 0.417. The molecule has 0 radical (unpaired) electrons. The maximum Gasteiger partial charge on any atom is 0.324 e. The van der Waals surface area contributed by atoms with Gasteiger partial charge < -0.3 is 0 Å². The van der Waals surface area contributed by atoms with Crippen LogP contribution < -0.4 is 0 Å². The lowest BCUT2D eigenvalue weighted by atomic mass is 9.83. The summed E-state index contributed by atoms with van der Waals surface area (Å²) in [5, 5.41) is 0. The predicted molar refractivity (Wildman–Crippen MR) is 67.2 cm³/mol. The van der Waals surface area contributed by atoms with Crippen LogP contribution in [-0.2, 0) is 20.5 Å². The molecule has 1 amide bonds. The van der Waals surface area contributed by atoms with E-state index in [1.807, 2.05) is 24.3 Å². The predicted octanol–water partition coefficient (Wildman–Crippen LogP) is 2.01. The summed E-state index contributed by atoms with van der Waals surface area (Å²) >= 11 is 0. The number of nitrogens with zero attached hydrogens (tertiary/aromatic N) is 1. The molecular weight excluding hydrogens is 274 g/mol. The molecule has 1 fully saturated rings. The summed E-state index contributed by atoms with van der Waals surface area (Å²) in [6, 6.07) is 7.26. The van der Waals surface area contributed by atoms with Gasteiger partial charge in [-0.2, -0.15) is 8.42 Å². The molecule has 0 N–H and O–H groups in total. The molecule has 6 heteroatoms. The first-order valence-electron chi connectivity index (χ1n) is 5.86. The topological polar surface area (TPSA) is 54.5 Å². The number of carbonyl (C=O) groups is 1. The van der Waals surface area contributed by atoms with Crippen molar-refractivity contribution < 1.29 is 13.2 Å². The van der Waals surface area contributed by atoms with Crippen molar-refractivity contribution in [2.75, 3.05) is 0 Å². The monoisotopic (exact) mass is 285 g/mol. The van der Waals surface area contributed by atoms with Crippen LogP contribution in [-0.4, -0.2) is 18.6 Å². The second-order valence-corrected chi connectivity index (χ2v) is 7.11. The van der Waals surface area contributed by atoms with Crippen LogP contribution in [0.2, 0.25) is 0 Å². The van der Waals surface area contributed by atoms with Crippen LogP contribution >= 0.6 is 10.7 Å². The average molecular weight is 286 g/mol. The molecule has 1 aliphatic heterocycles. The second-order valence-electron chi connectivity index (χ2n) is 4.72. The molecule has 1 aromatic carbocycles. The van der Waals surface area contributed by atoms with Crippen molar-refractivity contribution >= 4 is 25.8 Å². The number of aryl methyl sites for hydroxylation is 1. The molecule has 1 aromatic rings. The molecule has 3 rings (SSSR count). The Hall–Kier alpha value is -1.07. The van der Waals surface area contributed by atoms with E-state index in [4.69, 9.17) is 10.7 Å². The van der Waals surface area contributed by atoms with Crippen LogP contribution in [0.4, 0.5) is 0 Å². The number of benzene rings is 1. The van der Waals surface area contributed by atoms with Gasteiger partial charge in [0.15, 0.2) is 0 Å². The molecule has 0 bridgehead atoms. The molecule has 0 spiro atoms. The lowest BCUT2D eigenvalue weighted by Gasteiger charge is -2.44. The van der Waals surface area contributed by atoms with E-state index in [-0.39, 0.29) is 11.8 Å². The highest BCUT2D eigenvalue weighted by Gasteiger charge is 2.54. The standard InChI is InChI=1S/C12H12ClNO3S/c13-18(16,17)14-11-9-6-2-1-4-8(9)5-3-7-10(11)12(14)15/h1-2,4,6,10-11H,3,5,7H2. The smallest absolute Gasteiger partial charge is 0.273 e. The SMILES string of the molecule is O=C1C2CCCc3ccccc3C2N1S(=O)(=O)Cl. The fourth-order valence-electron chi connectivity index (χ4n) is 2.95. The maximum absolute atomic E-state index is 11.9. The van der Waals surface area contributed by atoms with Gasteiger partial charge in [0.25, 0.3) is 0 Å². The van der Waals surface area contributed by atoms with Gasteiger partial charge in [0.05, 0.1) is 12.0 Å². The Morgan fingerprint density at radius 2 is 2.00 bits per heavy atom. The normalized spacial score (nSPS) is 26.9. The first-order valence-corrected chi connectivity index (χ1v) is 8.12. The van der Waals surface area contributed by atoms with E-state index in [0.717, 1.165) is 34.7 Å². The van der Waals surface area contributed by atoms with Gasteiger partial charge in [-0.15, -0.1) is 0 Å². The average Bonchev–Trinajstić information content (AvgIpc) is 2.44. The maximum atomic E-state index is 11.9. The van der Waals surface area contributed by atoms with Crippen molar-refractivity contribution in [3.05, 3.63) is 35.4 Å². The third-order valence-corrected chi connectivity index (χ3v) is 5.06. The van der Waals surface area contributed by atoms with E-state index in [1.165, 1.54) is 0 Å². The van der Waals surface area contributed by atoms with Crippen LogP contribution in [0.1, 0.15) is 30.0 Å². The molecule has 2 aliphatic rings. The summed E-state index contributed by atoms with van der Waals surface area (Å²) in [5.41, 5.74) is 2.03. The van der Waals surface area contributed by atoms with E-state index in [0.29, 0.717) is 0 Å². The van der Waals surface area contributed by atoms with Crippen LogP contribution in [0.3, 0.4) is 0 Å². The highest BCUT2D eigenvalue weighted by atomic mass is 35.7. The molecule has 2 unspecified atom stereocenters. The summed E-state index contributed by atoms with van der Waals surface area (Å²) in [6.45, 7) is 0. The summed E-state index contributed by atoms with van der Waals surface area (Å²) in [7, 11) is 1.36. The van der Waals surface area contributed by atoms with Gasteiger partial charge in [-0.1, -0.05) is 24.3 Å².